The van der Waals surface area contributed by atoms with Crippen molar-refractivity contribution < 1.29 is 19.1 Å². The first-order chi connectivity index (χ1) is 14.4. The quantitative estimate of drug-likeness (QED) is 0.588. The summed E-state index contributed by atoms with van der Waals surface area (Å²) in [6.45, 7) is 5.49. The summed E-state index contributed by atoms with van der Waals surface area (Å²) >= 11 is 0. The van der Waals surface area contributed by atoms with E-state index in [4.69, 9.17) is 4.74 Å². The Labute approximate surface area is 177 Å². The molecular formula is C21H33N5O4. The Balaban J connectivity index is 1.80. The van der Waals surface area contributed by atoms with Gasteiger partial charge in [0.15, 0.2) is 5.69 Å². The van der Waals surface area contributed by atoms with Gasteiger partial charge < -0.3 is 20.3 Å². The monoisotopic (exact) mass is 419 g/mol. The van der Waals surface area contributed by atoms with Crippen LogP contribution in [0.4, 0.5) is 0 Å². The summed E-state index contributed by atoms with van der Waals surface area (Å²) in [6, 6.07) is 1.69. The second kappa shape index (κ2) is 9.59. The lowest BCUT2D eigenvalue weighted by Crippen LogP contribution is -2.65. The van der Waals surface area contributed by atoms with Gasteiger partial charge in [-0.2, -0.15) is 5.10 Å². The van der Waals surface area contributed by atoms with E-state index in [9.17, 15) is 14.4 Å². The molecule has 0 saturated heterocycles. The molecule has 2 N–H and O–H groups in total. The van der Waals surface area contributed by atoms with E-state index in [0.29, 0.717) is 31.8 Å². The Morgan fingerprint density at radius 1 is 1.33 bits per heavy atom. The fourth-order valence-electron chi connectivity index (χ4n) is 4.25. The molecule has 2 heterocycles. The van der Waals surface area contributed by atoms with Crippen molar-refractivity contribution in [3.05, 3.63) is 17.5 Å². The van der Waals surface area contributed by atoms with E-state index in [1.165, 1.54) is 10.7 Å². The molecule has 166 valence electrons. The molecule has 0 radical (unpaired) electrons. The van der Waals surface area contributed by atoms with Crippen LogP contribution in [-0.2, 0) is 16.1 Å². The number of carbonyl (C=O) groups is 3. The maximum Gasteiger partial charge on any atom is 0.273 e. The SMILES string of the molecule is CCCN1C(=O)c2cc(C(=O)NCCCOC)nn2C[C@@]1(C)C(=O)NC1CCCC1. The topological polar surface area (TPSA) is 106 Å². The summed E-state index contributed by atoms with van der Waals surface area (Å²) in [5.41, 5.74) is -0.509. The summed E-state index contributed by atoms with van der Waals surface area (Å²) in [5, 5.41) is 10.3. The van der Waals surface area contributed by atoms with Crippen molar-refractivity contribution in [1.29, 1.82) is 0 Å². The maximum atomic E-state index is 13.2. The lowest BCUT2D eigenvalue weighted by Gasteiger charge is -2.43. The third kappa shape index (κ3) is 4.50. The van der Waals surface area contributed by atoms with Crippen LogP contribution >= 0.6 is 0 Å². The minimum atomic E-state index is -1.04. The van der Waals surface area contributed by atoms with E-state index in [1.807, 2.05) is 6.92 Å². The van der Waals surface area contributed by atoms with Crippen LogP contribution in [0.1, 0.15) is 73.3 Å². The third-order valence-corrected chi connectivity index (χ3v) is 5.97. The van der Waals surface area contributed by atoms with Gasteiger partial charge in [-0.15, -0.1) is 0 Å². The average molecular weight is 420 g/mol. The fraction of sp³-hybridized carbons (Fsp3) is 0.714. The molecule has 9 heteroatoms. The van der Waals surface area contributed by atoms with Crippen LogP contribution < -0.4 is 10.6 Å². The standard InChI is InChI=1S/C21H33N5O4/c1-4-11-25-19(28)17-13-16(18(27)22-10-7-12-30-3)24-26(17)14-21(25,2)20(29)23-15-8-5-6-9-15/h13,15H,4-12,14H2,1-3H3,(H,22,27)(H,23,29)/t21-/m0/s1. The van der Waals surface area contributed by atoms with Crippen molar-refractivity contribution in [2.24, 2.45) is 0 Å². The molecule has 0 unspecified atom stereocenters. The van der Waals surface area contributed by atoms with Crippen LogP contribution in [-0.4, -0.2) is 70.8 Å². The minimum Gasteiger partial charge on any atom is -0.385 e. The van der Waals surface area contributed by atoms with Gasteiger partial charge in [0.25, 0.3) is 11.8 Å². The minimum absolute atomic E-state index is 0.150. The Morgan fingerprint density at radius 2 is 2.07 bits per heavy atom. The predicted molar refractivity (Wildman–Crippen MR) is 111 cm³/mol. The molecular weight excluding hydrogens is 386 g/mol. The highest BCUT2D eigenvalue weighted by atomic mass is 16.5. The highest BCUT2D eigenvalue weighted by Crippen LogP contribution is 2.29. The zero-order chi connectivity index (χ0) is 21.7. The van der Waals surface area contributed by atoms with Gasteiger partial charge in [-0.3, -0.25) is 19.1 Å². The van der Waals surface area contributed by atoms with E-state index in [-0.39, 0.29) is 36.0 Å². The van der Waals surface area contributed by atoms with Crippen molar-refractivity contribution in [2.75, 3.05) is 26.8 Å². The molecule has 9 nitrogen and oxygen atoms in total. The van der Waals surface area contributed by atoms with E-state index >= 15 is 0 Å². The van der Waals surface area contributed by atoms with Crippen molar-refractivity contribution in [3.63, 3.8) is 0 Å². The van der Waals surface area contributed by atoms with Gasteiger partial charge in [0.1, 0.15) is 11.2 Å². The van der Waals surface area contributed by atoms with Crippen LogP contribution in [0.3, 0.4) is 0 Å². The normalized spacial score (nSPS) is 21.6. The van der Waals surface area contributed by atoms with Crippen molar-refractivity contribution in [1.82, 2.24) is 25.3 Å². The number of hydrogen-bond acceptors (Lipinski definition) is 5. The summed E-state index contributed by atoms with van der Waals surface area (Å²) in [6.07, 6.45) is 5.61. The molecule has 1 saturated carbocycles. The summed E-state index contributed by atoms with van der Waals surface area (Å²) in [5.74, 6) is -0.749. The van der Waals surface area contributed by atoms with Crippen LogP contribution in [0.15, 0.2) is 6.07 Å². The largest absolute Gasteiger partial charge is 0.385 e. The number of fused-ring (bicyclic) bond motifs is 1. The number of nitrogens with zero attached hydrogens (tertiary/aromatic N) is 3. The molecule has 3 amide bonds. The Bertz CT molecular complexity index is 786. The van der Waals surface area contributed by atoms with Crippen LogP contribution in [0.5, 0.6) is 0 Å². The van der Waals surface area contributed by atoms with E-state index < -0.39 is 5.54 Å². The Kier molecular flexibility index (Phi) is 7.12. The average Bonchev–Trinajstić information content (AvgIpc) is 3.38. The first-order valence-electron chi connectivity index (χ1n) is 10.9. The predicted octanol–water partition coefficient (Wildman–Crippen LogP) is 1.33. The number of amides is 3. The smallest absolute Gasteiger partial charge is 0.273 e. The van der Waals surface area contributed by atoms with Crippen molar-refractivity contribution in [3.8, 4) is 0 Å². The van der Waals surface area contributed by atoms with Gasteiger partial charge in [0, 0.05) is 38.9 Å². The molecule has 1 fully saturated rings. The number of hydrogen-bond donors (Lipinski definition) is 2. The number of carbonyl (C=O) groups excluding carboxylic acids is 3. The van der Waals surface area contributed by atoms with Crippen LogP contribution in [0.25, 0.3) is 0 Å². The van der Waals surface area contributed by atoms with E-state index in [1.54, 1.807) is 18.9 Å². The van der Waals surface area contributed by atoms with Crippen molar-refractivity contribution >= 4 is 17.7 Å². The van der Waals surface area contributed by atoms with Crippen molar-refractivity contribution in [2.45, 2.75) is 70.5 Å². The lowest BCUT2D eigenvalue weighted by atomic mass is 9.94. The summed E-state index contributed by atoms with van der Waals surface area (Å²) in [4.78, 5) is 40.5. The Hall–Kier alpha value is -2.42. The van der Waals surface area contributed by atoms with Gasteiger partial charge in [0.2, 0.25) is 5.91 Å². The molecule has 1 aromatic heterocycles. The highest BCUT2D eigenvalue weighted by molar-refractivity contribution is 6.01. The second-order valence-corrected chi connectivity index (χ2v) is 8.36. The highest BCUT2D eigenvalue weighted by Gasteiger charge is 2.48. The molecule has 2 aliphatic rings. The molecule has 0 bridgehead atoms. The summed E-state index contributed by atoms with van der Waals surface area (Å²) in [7, 11) is 1.61. The maximum absolute atomic E-state index is 13.2. The third-order valence-electron chi connectivity index (χ3n) is 5.97. The number of nitrogens with one attached hydrogen (secondary N) is 2. The zero-order valence-corrected chi connectivity index (χ0v) is 18.2. The zero-order valence-electron chi connectivity index (χ0n) is 18.2. The molecule has 30 heavy (non-hydrogen) atoms. The molecule has 1 aliphatic heterocycles. The molecule has 0 aromatic carbocycles. The van der Waals surface area contributed by atoms with Crippen LogP contribution in [0.2, 0.25) is 0 Å². The molecule has 1 atom stereocenters. The first kappa shape index (κ1) is 22.3. The Morgan fingerprint density at radius 3 is 2.73 bits per heavy atom. The van der Waals surface area contributed by atoms with Crippen LogP contribution in [0, 0.1) is 0 Å². The lowest BCUT2D eigenvalue weighted by molar-refractivity contribution is -0.133. The molecule has 1 aromatic rings. The second-order valence-electron chi connectivity index (χ2n) is 8.36. The van der Waals surface area contributed by atoms with E-state index in [0.717, 1.165) is 32.1 Å². The van der Waals surface area contributed by atoms with Gasteiger partial charge in [-0.05, 0) is 32.6 Å². The molecule has 1 aliphatic carbocycles. The number of ether oxygens (including phenoxy) is 1. The first-order valence-corrected chi connectivity index (χ1v) is 10.9. The summed E-state index contributed by atoms with van der Waals surface area (Å²) < 4.78 is 6.48. The molecule has 3 rings (SSSR count). The number of aromatic nitrogens is 2. The molecule has 0 spiro atoms. The van der Waals surface area contributed by atoms with Gasteiger partial charge in [-0.1, -0.05) is 19.8 Å². The fourth-order valence-corrected chi connectivity index (χ4v) is 4.25. The van der Waals surface area contributed by atoms with E-state index in [2.05, 4.69) is 15.7 Å². The van der Waals surface area contributed by atoms with Gasteiger partial charge in [0.05, 0.1) is 6.54 Å². The van der Waals surface area contributed by atoms with Gasteiger partial charge in [-0.25, -0.2) is 0 Å². The van der Waals surface area contributed by atoms with Gasteiger partial charge >= 0.3 is 0 Å². The number of methoxy groups -OCH3 is 1. The number of rotatable bonds is 9.